The Kier molecular flexibility index (Phi) is 4.30. The lowest BCUT2D eigenvalue weighted by Gasteiger charge is -2.26. The molecule has 3 amide bonds. The number of ether oxygens (including phenoxy) is 2. The Balaban J connectivity index is 1.30. The van der Waals surface area contributed by atoms with Crippen molar-refractivity contribution in [2.45, 2.75) is 19.4 Å². The number of para-hydroxylation sites is 1. The van der Waals surface area contributed by atoms with Gasteiger partial charge in [-0.1, -0.05) is 18.2 Å². The van der Waals surface area contributed by atoms with Gasteiger partial charge in [0, 0.05) is 36.6 Å². The average molecular weight is 393 g/mol. The van der Waals surface area contributed by atoms with E-state index < -0.39 is 0 Å². The Morgan fingerprint density at radius 1 is 1.07 bits per heavy atom. The van der Waals surface area contributed by atoms with Crippen LogP contribution in [0.3, 0.4) is 0 Å². The maximum Gasteiger partial charge on any atom is 0.325 e. The molecule has 2 aromatic carbocycles. The summed E-state index contributed by atoms with van der Waals surface area (Å²) in [6, 6.07) is 13.4. The van der Waals surface area contributed by atoms with Crippen molar-refractivity contribution in [3.63, 3.8) is 0 Å². The van der Waals surface area contributed by atoms with Crippen molar-refractivity contribution in [2.75, 3.05) is 42.6 Å². The molecule has 5 rings (SSSR count). The summed E-state index contributed by atoms with van der Waals surface area (Å²) in [4.78, 5) is 31.1. The van der Waals surface area contributed by atoms with Crippen LogP contribution in [0.2, 0.25) is 0 Å². The molecule has 0 spiro atoms. The molecular weight excluding hydrogens is 370 g/mol. The topological polar surface area (TPSA) is 62.3 Å². The highest BCUT2D eigenvalue weighted by molar-refractivity contribution is 6.01. The quantitative estimate of drug-likeness (QED) is 0.804. The van der Waals surface area contributed by atoms with Crippen LogP contribution in [0, 0.1) is 0 Å². The van der Waals surface area contributed by atoms with Gasteiger partial charge in [-0.05, 0) is 37.1 Å². The van der Waals surface area contributed by atoms with Crippen LogP contribution in [0.5, 0.6) is 11.5 Å². The van der Waals surface area contributed by atoms with Crippen LogP contribution in [0.4, 0.5) is 16.2 Å². The van der Waals surface area contributed by atoms with Gasteiger partial charge in [-0.15, -0.1) is 0 Å². The summed E-state index contributed by atoms with van der Waals surface area (Å²) in [5, 5.41) is 0. The Labute approximate surface area is 169 Å². The first-order valence-corrected chi connectivity index (χ1v) is 9.98. The van der Waals surface area contributed by atoms with E-state index in [4.69, 9.17) is 9.47 Å². The molecule has 0 saturated carbocycles. The van der Waals surface area contributed by atoms with Crippen molar-refractivity contribution in [1.29, 1.82) is 0 Å². The molecule has 29 heavy (non-hydrogen) atoms. The maximum atomic E-state index is 13.0. The molecule has 150 valence electrons. The van der Waals surface area contributed by atoms with E-state index in [1.807, 2.05) is 48.2 Å². The number of rotatable bonds is 3. The number of carbonyl (C=O) groups excluding carboxylic acids is 2. The van der Waals surface area contributed by atoms with Crippen LogP contribution < -0.4 is 19.3 Å². The molecule has 1 unspecified atom stereocenters. The number of benzene rings is 2. The van der Waals surface area contributed by atoms with Gasteiger partial charge >= 0.3 is 6.03 Å². The first kappa shape index (κ1) is 17.8. The van der Waals surface area contributed by atoms with Crippen LogP contribution in [-0.2, 0) is 11.2 Å². The smallest absolute Gasteiger partial charge is 0.325 e. The molecule has 0 bridgehead atoms. The minimum Gasteiger partial charge on any atom is -0.486 e. The Morgan fingerprint density at radius 2 is 1.86 bits per heavy atom. The summed E-state index contributed by atoms with van der Waals surface area (Å²) in [7, 11) is 0. The summed E-state index contributed by atoms with van der Waals surface area (Å²) in [6.07, 6.45) is 0.846. The number of nitrogens with zero attached hydrogens (tertiary/aromatic N) is 3. The van der Waals surface area contributed by atoms with Crippen LogP contribution in [0.15, 0.2) is 42.5 Å². The van der Waals surface area contributed by atoms with Gasteiger partial charge in [0.1, 0.15) is 19.8 Å². The van der Waals surface area contributed by atoms with E-state index in [2.05, 4.69) is 6.07 Å². The van der Waals surface area contributed by atoms with Crippen molar-refractivity contribution in [3.05, 3.63) is 48.0 Å². The molecule has 7 heteroatoms. The third-order valence-corrected chi connectivity index (χ3v) is 5.73. The number of hydrogen-bond donors (Lipinski definition) is 0. The van der Waals surface area contributed by atoms with Gasteiger partial charge in [0.25, 0.3) is 0 Å². The molecule has 3 aliphatic heterocycles. The van der Waals surface area contributed by atoms with Gasteiger partial charge in [0.05, 0.1) is 0 Å². The fourth-order valence-electron chi connectivity index (χ4n) is 4.35. The van der Waals surface area contributed by atoms with Gasteiger partial charge in [-0.2, -0.15) is 0 Å². The molecule has 0 aromatic heterocycles. The van der Waals surface area contributed by atoms with Crippen molar-refractivity contribution < 1.29 is 19.1 Å². The second-order valence-electron chi connectivity index (χ2n) is 7.63. The fraction of sp³-hybridized carbons (Fsp3) is 0.364. The van der Waals surface area contributed by atoms with Crippen LogP contribution in [0.1, 0.15) is 12.5 Å². The predicted octanol–water partition coefficient (Wildman–Crippen LogP) is 2.68. The molecule has 0 radical (unpaired) electrons. The zero-order valence-electron chi connectivity index (χ0n) is 16.3. The average Bonchev–Trinajstić information content (AvgIpc) is 3.26. The predicted molar refractivity (Wildman–Crippen MR) is 109 cm³/mol. The number of fused-ring (bicyclic) bond motifs is 2. The van der Waals surface area contributed by atoms with E-state index >= 15 is 0 Å². The zero-order chi connectivity index (χ0) is 20.0. The third-order valence-electron chi connectivity index (χ3n) is 5.73. The van der Waals surface area contributed by atoms with Crippen LogP contribution >= 0.6 is 0 Å². The standard InChI is InChI=1S/C22H23N3O4/c1-15-12-16-4-2-3-5-18(16)25(15)21(26)14-23-8-9-24(22(23)27)17-6-7-19-20(13-17)29-11-10-28-19/h2-7,13,15H,8-12,14H2,1H3. The molecular formula is C22H23N3O4. The van der Waals surface area contributed by atoms with Gasteiger partial charge in [0.2, 0.25) is 5.91 Å². The lowest BCUT2D eigenvalue weighted by atomic mass is 10.1. The maximum absolute atomic E-state index is 13.0. The third kappa shape index (κ3) is 3.06. The minimum absolute atomic E-state index is 0.0418. The van der Waals surface area contributed by atoms with E-state index in [1.165, 1.54) is 5.56 Å². The molecule has 0 N–H and O–H groups in total. The molecule has 7 nitrogen and oxygen atoms in total. The Bertz CT molecular complexity index is 976. The second kappa shape index (κ2) is 6.99. The van der Waals surface area contributed by atoms with E-state index in [-0.39, 0.29) is 24.5 Å². The van der Waals surface area contributed by atoms with Gasteiger partial charge in [-0.3, -0.25) is 9.69 Å². The summed E-state index contributed by atoms with van der Waals surface area (Å²) < 4.78 is 11.2. The van der Waals surface area contributed by atoms with Gasteiger partial charge < -0.3 is 19.3 Å². The van der Waals surface area contributed by atoms with E-state index in [0.29, 0.717) is 37.8 Å². The van der Waals surface area contributed by atoms with Crippen molar-refractivity contribution in [2.24, 2.45) is 0 Å². The molecule has 3 aliphatic rings. The normalized spacial score (nSPS) is 20.2. The SMILES string of the molecule is CC1Cc2ccccc2N1C(=O)CN1CCN(c2ccc3c(c2)OCCO3)C1=O. The Morgan fingerprint density at radius 3 is 2.72 bits per heavy atom. The lowest BCUT2D eigenvalue weighted by molar-refractivity contribution is -0.119. The summed E-state index contributed by atoms with van der Waals surface area (Å²) in [5.74, 6) is 1.30. The first-order chi connectivity index (χ1) is 14.1. The van der Waals surface area contributed by atoms with E-state index in [9.17, 15) is 9.59 Å². The van der Waals surface area contributed by atoms with Gasteiger partial charge in [-0.25, -0.2) is 4.79 Å². The number of amides is 3. The monoisotopic (exact) mass is 393 g/mol. The first-order valence-electron chi connectivity index (χ1n) is 9.98. The number of carbonyl (C=O) groups is 2. The van der Waals surface area contributed by atoms with Crippen LogP contribution in [0.25, 0.3) is 0 Å². The Hall–Kier alpha value is -3.22. The number of urea groups is 1. The zero-order valence-corrected chi connectivity index (χ0v) is 16.3. The summed E-state index contributed by atoms with van der Waals surface area (Å²) >= 11 is 0. The highest BCUT2D eigenvalue weighted by Crippen LogP contribution is 2.35. The molecule has 1 fully saturated rings. The highest BCUT2D eigenvalue weighted by Gasteiger charge is 2.36. The largest absolute Gasteiger partial charge is 0.486 e. The van der Waals surface area contributed by atoms with E-state index in [0.717, 1.165) is 17.8 Å². The summed E-state index contributed by atoms with van der Waals surface area (Å²) in [6.45, 7) is 4.22. The molecule has 1 atom stereocenters. The van der Waals surface area contributed by atoms with Crippen molar-refractivity contribution >= 4 is 23.3 Å². The molecule has 1 saturated heterocycles. The fourth-order valence-corrected chi connectivity index (χ4v) is 4.35. The van der Waals surface area contributed by atoms with Gasteiger partial charge in [0.15, 0.2) is 11.5 Å². The molecule has 3 heterocycles. The summed E-state index contributed by atoms with van der Waals surface area (Å²) in [5.41, 5.74) is 2.90. The van der Waals surface area contributed by atoms with Crippen LogP contribution in [-0.4, -0.2) is 55.7 Å². The lowest BCUT2D eigenvalue weighted by Crippen LogP contribution is -2.44. The second-order valence-corrected chi connectivity index (χ2v) is 7.63. The van der Waals surface area contributed by atoms with Crippen molar-refractivity contribution in [1.82, 2.24) is 4.90 Å². The highest BCUT2D eigenvalue weighted by atomic mass is 16.6. The van der Waals surface area contributed by atoms with E-state index in [1.54, 1.807) is 9.80 Å². The molecule has 2 aromatic rings. The number of hydrogen-bond acceptors (Lipinski definition) is 4. The van der Waals surface area contributed by atoms with Crippen molar-refractivity contribution in [3.8, 4) is 11.5 Å². The molecule has 0 aliphatic carbocycles. The minimum atomic E-state index is -0.157. The number of anilines is 2.